The molecule has 0 aliphatic carbocycles. The number of Topliss-reactive ketones (excluding diaryl/α,β-unsaturated/α-hetero) is 1. The van der Waals surface area contributed by atoms with Crippen molar-refractivity contribution in [2.45, 2.75) is 5.75 Å². The molecular formula is C17H14O5S. The van der Waals surface area contributed by atoms with Crippen molar-refractivity contribution in [2.75, 3.05) is 6.61 Å². The molecule has 0 atom stereocenters. The van der Waals surface area contributed by atoms with Crippen LogP contribution in [0, 0.1) is 0 Å². The highest BCUT2D eigenvalue weighted by Gasteiger charge is 2.18. The Morgan fingerprint density at radius 3 is 2.48 bits per heavy atom. The van der Waals surface area contributed by atoms with Gasteiger partial charge in [0.15, 0.2) is 5.78 Å². The van der Waals surface area contributed by atoms with E-state index in [1.54, 1.807) is 54.6 Å². The summed E-state index contributed by atoms with van der Waals surface area (Å²) in [6, 6.07) is 15.7. The lowest BCUT2D eigenvalue weighted by Gasteiger charge is -2.04. The van der Waals surface area contributed by atoms with Crippen LogP contribution in [0.25, 0.3) is 11.0 Å². The number of fused-ring (bicyclic) bond motifs is 1. The van der Waals surface area contributed by atoms with E-state index in [0.29, 0.717) is 22.1 Å². The van der Waals surface area contributed by atoms with Gasteiger partial charge in [-0.1, -0.05) is 48.5 Å². The zero-order chi connectivity index (χ0) is 16.3. The molecule has 2 aromatic carbocycles. The predicted molar refractivity (Wildman–Crippen MR) is 85.6 cm³/mol. The molecule has 1 aromatic heterocycles. The first-order chi connectivity index (χ1) is 11.1. The van der Waals surface area contributed by atoms with Crippen molar-refractivity contribution in [2.24, 2.45) is 0 Å². The van der Waals surface area contributed by atoms with Crippen molar-refractivity contribution in [3.8, 4) is 0 Å². The highest BCUT2D eigenvalue weighted by Crippen LogP contribution is 2.21. The van der Waals surface area contributed by atoms with Gasteiger partial charge in [0, 0.05) is 5.39 Å². The lowest BCUT2D eigenvalue weighted by molar-refractivity contribution is 0.0925. The Labute approximate surface area is 133 Å². The molecule has 0 unspecified atom stereocenters. The summed E-state index contributed by atoms with van der Waals surface area (Å²) >= 11 is 0. The molecule has 1 heterocycles. The van der Waals surface area contributed by atoms with Gasteiger partial charge in [-0.2, -0.15) is 8.42 Å². The number of carbonyl (C=O) groups excluding carboxylic acids is 1. The molecule has 0 fully saturated rings. The number of carbonyl (C=O) groups is 1. The monoisotopic (exact) mass is 330 g/mol. The van der Waals surface area contributed by atoms with Crippen LogP contribution in [0.15, 0.2) is 65.3 Å². The van der Waals surface area contributed by atoms with E-state index in [9.17, 15) is 13.2 Å². The fourth-order valence-electron chi connectivity index (χ4n) is 2.23. The zero-order valence-corrected chi connectivity index (χ0v) is 13.0. The Morgan fingerprint density at radius 1 is 1.00 bits per heavy atom. The maximum absolute atomic E-state index is 12.2. The van der Waals surface area contributed by atoms with E-state index in [2.05, 4.69) is 0 Å². The number of rotatable bonds is 6. The maximum atomic E-state index is 12.2. The van der Waals surface area contributed by atoms with Gasteiger partial charge in [-0.3, -0.25) is 8.98 Å². The highest BCUT2D eigenvalue weighted by atomic mass is 32.2. The van der Waals surface area contributed by atoms with Crippen LogP contribution in [-0.4, -0.2) is 20.8 Å². The minimum absolute atomic E-state index is 0.271. The second-order valence-corrected chi connectivity index (χ2v) is 6.66. The van der Waals surface area contributed by atoms with Gasteiger partial charge in [-0.25, -0.2) is 0 Å². The number of para-hydroxylation sites is 1. The maximum Gasteiger partial charge on any atom is 0.271 e. The first-order valence-corrected chi connectivity index (χ1v) is 8.53. The molecule has 0 aliphatic rings. The largest absolute Gasteiger partial charge is 0.464 e. The van der Waals surface area contributed by atoms with Crippen LogP contribution >= 0.6 is 0 Å². The lowest BCUT2D eigenvalue weighted by Crippen LogP contribution is -2.15. The molecule has 23 heavy (non-hydrogen) atoms. The van der Waals surface area contributed by atoms with Crippen molar-refractivity contribution in [1.29, 1.82) is 0 Å². The molecular weight excluding hydrogens is 316 g/mol. The van der Waals surface area contributed by atoms with Gasteiger partial charge in [0.05, 0.1) is 5.56 Å². The Morgan fingerprint density at radius 2 is 1.70 bits per heavy atom. The Balaban J connectivity index is 1.69. The van der Waals surface area contributed by atoms with Gasteiger partial charge in [-0.15, -0.1) is 0 Å². The molecule has 5 nitrogen and oxygen atoms in total. The molecule has 0 saturated heterocycles. The molecule has 0 saturated carbocycles. The van der Waals surface area contributed by atoms with Crippen LogP contribution < -0.4 is 0 Å². The van der Waals surface area contributed by atoms with E-state index in [1.165, 1.54) is 6.26 Å². The van der Waals surface area contributed by atoms with Crippen LogP contribution in [0.5, 0.6) is 0 Å². The van der Waals surface area contributed by atoms with Crippen LogP contribution in [-0.2, 0) is 20.1 Å². The third-order valence-electron chi connectivity index (χ3n) is 3.34. The first kappa shape index (κ1) is 15.5. The summed E-state index contributed by atoms with van der Waals surface area (Å²) in [6.07, 6.45) is 1.32. The topological polar surface area (TPSA) is 73.6 Å². The van der Waals surface area contributed by atoms with Gasteiger partial charge >= 0.3 is 0 Å². The molecule has 0 spiro atoms. The van der Waals surface area contributed by atoms with E-state index in [1.807, 2.05) is 0 Å². The Kier molecular flexibility index (Phi) is 4.27. The Hall–Kier alpha value is -2.44. The molecule has 6 heteroatoms. The van der Waals surface area contributed by atoms with E-state index in [-0.39, 0.29) is 5.75 Å². The van der Waals surface area contributed by atoms with Gasteiger partial charge in [0.1, 0.15) is 24.2 Å². The summed E-state index contributed by atoms with van der Waals surface area (Å²) < 4.78 is 34.0. The Bertz CT molecular complexity index is 926. The van der Waals surface area contributed by atoms with Crippen molar-refractivity contribution in [3.05, 3.63) is 72.0 Å². The van der Waals surface area contributed by atoms with Crippen LogP contribution in [0.2, 0.25) is 0 Å². The second kappa shape index (κ2) is 6.36. The summed E-state index contributed by atoms with van der Waals surface area (Å²) in [7, 11) is -3.83. The minimum atomic E-state index is -3.83. The van der Waals surface area contributed by atoms with Crippen LogP contribution in [0.3, 0.4) is 0 Å². The third kappa shape index (κ3) is 3.67. The van der Waals surface area contributed by atoms with Crippen LogP contribution in [0.1, 0.15) is 15.9 Å². The number of ketones is 1. The van der Waals surface area contributed by atoms with Crippen molar-refractivity contribution in [1.82, 2.24) is 0 Å². The zero-order valence-electron chi connectivity index (χ0n) is 12.1. The SMILES string of the molecule is O=C(COS(=O)(=O)Cc1ccccc1)c1coc2ccccc12. The molecule has 0 radical (unpaired) electrons. The summed E-state index contributed by atoms with van der Waals surface area (Å²) in [6.45, 7) is -0.543. The summed E-state index contributed by atoms with van der Waals surface area (Å²) in [5.74, 6) is -0.709. The smallest absolute Gasteiger partial charge is 0.271 e. The standard InChI is InChI=1S/C17H14O5S/c18-16(15-10-21-17-9-5-4-8-14(15)17)11-22-23(19,20)12-13-6-2-1-3-7-13/h1-10H,11-12H2. The van der Waals surface area contributed by atoms with Gasteiger partial charge in [0.25, 0.3) is 10.1 Å². The first-order valence-electron chi connectivity index (χ1n) is 6.96. The molecule has 3 aromatic rings. The van der Waals surface area contributed by atoms with E-state index in [4.69, 9.17) is 8.60 Å². The number of furan rings is 1. The van der Waals surface area contributed by atoms with Crippen molar-refractivity contribution >= 4 is 26.9 Å². The molecule has 0 N–H and O–H groups in total. The number of benzene rings is 2. The molecule has 0 aliphatic heterocycles. The van der Waals surface area contributed by atoms with E-state index < -0.39 is 22.5 Å². The number of hydrogen-bond acceptors (Lipinski definition) is 5. The van der Waals surface area contributed by atoms with Gasteiger partial charge < -0.3 is 4.42 Å². The highest BCUT2D eigenvalue weighted by molar-refractivity contribution is 7.85. The van der Waals surface area contributed by atoms with Crippen molar-refractivity contribution < 1.29 is 21.8 Å². The molecule has 0 bridgehead atoms. The lowest BCUT2D eigenvalue weighted by atomic mass is 10.1. The van der Waals surface area contributed by atoms with Gasteiger partial charge in [-0.05, 0) is 11.6 Å². The quantitative estimate of drug-likeness (QED) is 0.513. The third-order valence-corrected chi connectivity index (χ3v) is 4.50. The predicted octanol–water partition coefficient (Wildman–Crippen LogP) is 3.16. The second-order valence-electron chi connectivity index (χ2n) is 5.02. The van der Waals surface area contributed by atoms with E-state index in [0.717, 1.165) is 0 Å². The van der Waals surface area contributed by atoms with E-state index >= 15 is 0 Å². The summed E-state index contributed by atoms with van der Waals surface area (Å²) in [5.41, 5.74) is 1.49. The molecule has 118 valence electrons. The van der Waals surface area contributed by atoms with Gasteiger partial charge in [0.2, 0.25) is 0 Å². The summed E-state index contributed by atoms with van der Waals surface area (Å²) in [5, 5.41) is 0.640. The van der Waals surface area contributed by atoms with Crippen molar-refractivity contribution in [3.63, 3.8) is 0 Å². The fraction of sp³-hybridized carbons (Fsp3) is 0.118. The average Bonchev–Trinajstić information content (AvgIpc) is 2.97. The minimum Gasteiger partial charge on any atom is -0.464 e. The molecule has 0 amide bonds. The average molecular weight is 330 g/mol. The summed E-state index contributed by atoms with van der Waals surface area (Å²) in [4.78, 5) is 12.2. The fourth-order valence-corrected chi connectivity index (χ4v) is 3.21. The normalized spacial score (nSPS) is 11.7. The van der Waals surface area contributed by atoms with Crippen LogP contribution in [0.4, 0.5) is 0 Å². The molecule has 3 rings (SSSR count). The number of hydrogen-bond donors (Lipinski definition) is 0.